The van der Waals surface area contributed by atoms with E-state index in [0.717, 1.165) is 0 Å². The zero-order valence-electron chi connectivity index (χ0n) is 12.1. The smallest absolute Gasteiger partial charge is 0.00669 e. The molecule has 0 heterocycles. The maximum Gasteiger partial charge on any atom is -0.00669 e. The van der Waals surface area contributed by atoms with Crippen molar-refractivity contribution in [2.75, 3.05) is 0 Å². The number of rotatable bonds is 0. The summed E-state index contributed by atoms with van der Waals surface area (Å²) in [5.74, 6) is 0. The van der Waals surface area contributed by atoms with E-state index in [1.165, 1.54) is 56.3 Å². The van der Waals surface area contributed by atoms with Gasteiger partial charge in [-0.2, -0.15) is 0 Å². The molecule has 0 aliphatic heterocycles. The molecule has 0 N–H and O–H groups in total. The molecule has 1 aliphatic rings. The largest absolute Gasteiger partial charge is 0.0616 e. The highest BCUT2D eigenvalue weighted by Gasteiger charge is 2.19. The zero-order valence-corrected chi connectivity index (χ0v) is 12.1. The minimum absolute atomic E-state index is 1.20. The molecule has 100 valence electrons. The van der Waals surface area contributed by atoms with Gasteiger partial charge in [-0.25, -0.2) is 0 Å². The Morgan fingerprint density at radius 3 is 2.43 bits per heavy atom. The van der Waals surface area contributed by atoms with Gasteiger partial charge in [-0.1, -0.05) is 54.6 Å². The van der Waals surface area contributed by atoms with Gasteiger partial charge in [0, 0.05) is 0 Å². The van der Waals surface area contributed by atoms with Crippen molar-refractivity contribution in [3.05, 3.63) is 71.3 Å². The SMILES string of the molecule is Cc1c2c3c(cccc3c3ccc4ccccc4c13)CC2. The molecule has 0 aromatic heterocycles. The minimum atomic E-state index is 1.20. The van der Waals surface area contributed by atoms with Gasteiger partial charge in [0.05, 0.1) is 0 Å². The molecule has 0 saturated carbocycles. The van der Waals surface area contributed by atoms with E-state index in [-0.39, 0.29) is 0 Å². The zero-order chi connectivity index (χ0) is 14.0. The molecular formula is C21H16. The van der Waals surface area contributed by atoms with Crippen LogP contribution in [0, 0.1) is 6.92 Å². The third-order valence-electron chi connectivity index (χ3n) is 5.14. The molecule has 0 atom stereocenters. The second-order valence-electron chi connectivity index (χ2n) is 6.15. The first kappa shape index (κ1) is 11.3. The quantitative estimate of drug-likeness (QED) is 0.367. The van der Waals surface area contributed by atoms with E-state index in [2.05, 4.69) is 61.5 Å². The number of benzene rings is 4. The van der Waals surface area contributed by atoms with Crippen molar-refractivity contribution in [1.29, 1.82) is 0 Å². The van der Waals surface area contributed by atoms with Crippen LogP contribution in [0.25, 0.3) is 32.3 Å². The summed E-state index contributed by atoms with van der Waals surface area (Å²) in [7, 11) is 0. The van der Waals surface area contributed by atoms with Crippen LogP contribution >= 0.6 is 0 Å². The predicted octanol–water partition coefficient (Wildman–Crippen LogP) is 5.55. The molecule has 0 nitrogen and oxygen atoms in total. The molecule has 4 aromatic rings. The summed E-state index contributed by atoms with van der Waals surface area (Å²) in [6.07, 6.45) is 2.39. The third kappa shape index (κ3) is 1.35. The Bertz CT molecular complexity index is 1040. The Labute approximate surface area is 124 Å². The van der Waals surface area contributed by atoms with Crippen LogP contribution in [-0.4, -0.2) is 0 Å². The van der Waals surface area contributed by atoms with Gasteiger partial charge in [0.15, 0.2) is 0 Å². The Morgan fingerprint density at radius 1 is 0.667 bits per heavy atom. The van der Waals surface area contributed by atoms with Gasteiger partial charge >= 0.3 is 0 Å². The van der Waals surface area contributed by atoms with Crippen molar-refractivity contribution in [1.82, 2.24) is 0 Å². The first-order valence-electron chi connectivity index (χ1n) is 7.69. The van der Waals surface area contributed by atoms with E-state index in [9.17, 15) is 0 Å². The van der Waals surface area contributed by atoms with Gasteiger partial charge in [-0.15, -0.1) is 0 Å². The fourth-order valence-corrected chi connectivity index (χ4v) is 4.20. The molecule has 1 aliphatic carbocycles. The first-order valence-corrected chi connectivity index (χ1v) is 7.69. The van der Waals surface area contributed by atoms with E-state index < -0.39 is 0 Å². The topological polar surface area (TPSA) is 0 Å². The van der Waals surface area contributed by atoms with Gasteiger partial charge < -0.3 is 0 Å². The molecule has 4 aromatic carbocycles. The molecule has 0 fully saturated rings. The number of fused-ring (bicyclic) bond motifs is 4. The molecule has 0 amide bonds. The Balaban J connectivity index is 2.16. The average Bonchev–Trinajstić information content (AvgIpc) is 2.97. The van der Waals surface area contributed by atoms with Crippen LogP contribution in [0.2, 0.25) is 0 Å². The third-order valence-corrected chi connectivity index (χ3v) is 5.14. The van der Waals surface area contributed by atoms with Crippen LogP contribution in [0.5, 0.6) is 0 Å². The Morgan fingerprint density at radius 2 is 1.48 bits per heavy atom. The van der Waals surface area contributed by atoms with Crippen molar-refractivity contribution < 1.29 is 0 Å². The van der Waals surface area contributed by atoms with Crippen LogP contribution in [0.4, 0.5) is 0 Å². The van der Waals surface area contributed by atoms with E-state index >= 15 is 0 Å². The highest BCUT2D eigenvalue weighted by Crippen LogP contribution is 2.41. The van der Waals surface area contributed by atoms with Crippen molar-refractivity contribution in [2.24, 2.45) is 0 Å². The molecule has 0 heteroatoms. The van der Waals surface area contributed by atoms with Crippen LogP contribution in [0.1, 0.15) is 16.7 Å². The number of aryl methyl sites for hydroxylation is 3. The van der Waals surface area contributed by atoms with Crippen molar-refractivity contribution >= 4 is 32.3 Å². The van der Waals surface area contributed by atoms with Crippen LogP contribution in [-0.2, 0) is 12.8 Å². The lowest BCUT2D eigenvalue weighted by atomic mass is 9.90. The van der Waals surface area contributed by atoms with Crippen LogP contribution < -0.4 is 0 Å². The van der Waals surface area contributed by atoms with Crippen molar-refractivity contribution in [3.8, 4) is 0 Å². The van der Waals surface area contributed by atoms with Crippen LogP contribution in [0.15, 0.2) is 54.6 Å². The van der Waals surface area contributed by atoms with E-state index in [4.69, 9.17) is 0 Å². The van der Waals surface area contributed by atoms with E-state index in [0.29, 0.717) is 0 Å². The summed E-state index contributed by atoms with van der Waals surface area (Å²) in [5, 5.41) is 8.56. The lowest BCUT2D eigenvalue weighted by molar-refractivity contribution is 1.02. The molecule has 0 saturated heterocycles. The van der Waals surface area contributed by atoms with Gasteiger partial charge in [-0.05, 0) is 68.8 Å². The standard InChI is InChI=1S/C21H16/c1-13-16-11-10-15-6-4-8-18(21(15)16)19-12-9-14-5-2-3-7-17(14)20(13)19/h2-9,12H,10-11H2,1H3. The molecule has 5 rings (SSSR count). The van der Waals surface area contributed by atoms with Crippen molar-refractivity contribution in [3.63, 3.8) is 0 Å². The van der Waals surface area contributed by atoms with Gasteiger partial charge in [0.25, 0.3) is 0 Å². The Hall–Kier alpha value is -2.34. The highest BCUT2D eigenvalue weighted by atomic mass is 14.2. The molecule has 0 unspecified atom stereocenters. The maximum absolute atomic E-state index is 2.31. The first-order chi connectivity index (χ1) is 10.3. The summed E-state index contributed by atoms with van der Waals surface area (Å²) in [6.45, 7) is 2.31. The summed E-state index contributed by atoms with van der Waals surface area (Å²) >= 11 is 0. The molecule has 0 bridgehead atoms. The number of hydrogen-bond acceptors (Lipinski definition) is 0. The average molecular weight is 268 g/mol. The second kappa shape index (κ2) is 3.85. The molecule has 0 spiro atoms. The highest BCUT2D eigenvalue weighted by molar-refractivity contribution is 6.20. The molecule has 21 heavy (non-hydrogen) atoms. The predicted molar refractivity (Wildman–Crippen MR) is 91.1 cm³/mol. The molecular weight excluding hydrogens is 252 g/mol. The van der Waals surface area contributed by atoms with Gasteiger partial charge in [0.2, 0.25) is 0 Å². The lowest BCUT2D eigenvalue weighted by Crippen LogP contribution is -1.90. The summed E-state index contributed by atoms with van der Waals surface area (Å²) in [5.41, 5.74) is 4.59. The fourth-order valence-electron chi connectivity index (χ4n) is 4.20. The monoisotopic (exact) mass is 268 g/mol. The molecule has 0 radical (unpaired) electrons. The van der Waals surface area contributed by atoms with E-state index in [1.807, 2.05) is 0 Å². The normalized spacial score (nSPS) is 13.6. The lowest BCUT2D eigenvalue weighted by Gasteiger charge is -2.14. The van der Waals surface area contributed by atoms with Gasteiger partial charge in [-0.3, -0.25) is 0 Å². The van der Waals surface area contributed by atoms with E-state index in [1.54, 1.807) is 5.56 Å². The second-order valence-corrected chi connectivity index (χ2v) is 6.15. The maximum atomic E-state index is 2.31. The summed E-state index contributed by atoms with van der Waals surface area (Å²) in [6, 6.07) is 20.2. The summed E-state index contributed by atoms with van der Waals surface area (Å²) in [4.78, 5) is 0. The minimum Gasteiger partial charge on any atom is -0.0616 e. The fraction of sp³-hybridized carbons (Fsp3) is 0.143. The van der Waals surface area contributed by atoms with Crippen molar-refractivity contribution in [2.45, 2.75) is 19.8 Å². The number of hydrogen-bond donors (Lipinski definition) is 0. The Kier molecular flexibility index (Phi) is 2.08. The van der Waals surface area contributed by atoms with Gasteiger partial charge in [0.1, 0.15) is 0 Å². The van der Waals surface area contributed by atoms with Crippen LogP contribution in [0.3, 0.4) is 0 Å². The summed E-state index contributed by atoms with van der Waals surface area (Å²) < 4.78 is 0.